The Bertz CT molecular complexity index is 1360. The number of nitrogens with one attached hydrogen (secondary N) is 3. The molecule has 4 aromatic rings. The molecule has 0 saturated heterocycles. The number of H-pyrrole nitrogens is 1. The molecule has 1 aromatic heterocycles. The van der Waals surface area contributed by atoms with Crippen molar-refractivity contribution >= 4 is 28.6 Å². The molecule has 8 heteroatoms. The van der Waals surface area contributed by atoms with Gasteiger partial charge in [-0.1, -0.05) is 30.3 Å². The Labute approximate surface area is 197 Å². The van der Waals surface area contributed by atoms with Crippen molar-refractivity contribution in [2.75, 3.05) is 21.1 Å². The van der Waals surface area contributed by atoms with E-state index in [1.807, 2.05) is 30.3 Å². The fraction of sp³-hybridized carbons (Fsp3) is 0.154. The number of rotatable bonds is 6. The number of carbonyl (C=O) groups excluding carboxylic acids is 3. The van der Waals surface area contributed by atoms with Crippen molar-refractivity contribution in [1.82, 2.24) is 25.7 Å². The summed E-state index contributed by atoms with van der Waals surface area (Å²) < 4.78 is 0. The lowest BCUT2D eigenvalue weighted by Crippen LogP contribution is -2.23. The monoisotopic (exact) mass is 455 g/mol. The van der Waals surface area contributed by atoms with Gasteiger partial charge >= 0.3 is 0 Å². The van der Waals surface area contributed by atoms with Gasteiger partial charge in [-0.05, 0) is 53.1 Å². The first-order chi connectivity index (χ1) is 16.4. The number of aromatic amines is 1. The van der Waals surface area contributed by atoms with Crippen molar-refractivity contribution in [1.29, 1.82) is 0 Å². The van der Waals surface area contributed by atoms with Gasteiger partial charge in [0.2, 0.25) is 0 Å². The van der Waals surface area contributed by atoms with Crippen LogP contribution in [0.1, 0.15) is 36.8 Å². The maximum atomic E-state index is 12.8. The minimum Gasteiger partial charge on any atom is -0.355 e. The maximum Gasteiger partial charge on any atom is 0.272 e. The van der Waals surface area contributed by atoms with Gasteiger partial charge in [0, 0.05) is 44.2 Å². The molecule has 0 aliphatic carbocycles. The smallest absolute Gasteiger partial charge is 0.272 e. The molecule has 3 amide bonds. The summed E-state index contributed by atoms with van der Waals surface area (Å²) >= 11 is 0. The van der Waals surface area contributed by atoms with E-state index in [1.54, 1.807) is 57.5 Å². The Morgan fingerprint density at radius 1 is 0.853 bits per heavy atom. The van der Waals surface area contributed by atoms with Gasteiger partial charge in [0.1, 0.15) is 0 Å². The van der Waals surface area contributed by atoms with Crippen LogP contribution in [0.5, 0.6) is 0 Å². The van der Waals surface area contributed by atoms with Crippen LogP contribution in [0.4, 0.5) is 0 Å². The lowest BCUT2D eigenvalue weighted by molar-refractivity contribution is 0.0827. The Morgan fingerprint density at radius 3 is 2.15 bits per heavy atom. The summed E-state index contributed by atoms with van der Waals surface area (Å²) in [4.78, 5) is 38.2. The van der Waals surface area contributed by atoms with Gasteiger partial charge in [-0.3, -0.25) is 19.5 Å². The summed E-state index contributed by atoms with van der Waals surface area (Å²) in [7, 11) is 5.02. The normalized spacial score (nSPS) is 10.7. The van der Waals surface area contributed by atoms with Crippen molar-refractivity contribution in [3.63, 3.8) is 0 Å². The molecule has 0 spiro atoms. The molecule has 172 valence electrons. The summed E-state index contributed by atoms with van der Waals surface area (Å²) in [6, 6.07) is 20.1. The molecule has 0 unspecified atom stereocenters. The molecule has 0 radical (unpaired) electrons. The lowest BCUT2D eigenvalue weighted by Gasteiger charge is -2.10. The molecule has 4 rings (SSSR count). The van der Waals surface area contributed by atoms with E-state index in [9.17, 15) is 14.4 Å². The summed E-state index contributed by atoms with van der Waals surface area (Å²) in [6.45, 7) is 0.308. The van der Waals surface area contributed by atoms with Crippen LogP contribution < -0.4 is 10.6 Å². The Morgan fingerprint density at radius 2 is 1.50 bits per heavy atom. The van der Waals surface area contributed by atoms with E-state index >= 15 is 0 Å². The quantitative estimate of drug-likeness (QED) is 0.415. The predicted molar refractivity (Wildman–Crippen MR) is 131 cm³/mol. The number of carbonyl (C=O) groups is 3. The molecule has 0 aliphatic heterocycles. The van der Waals surface area contributed by atoms with E-state index in [0.717, 1.165) is 22.2 Å². The Hall–Kier alpha value is -4.46. The minimum absolute atomic E-state index is 0.0564. The number of amides is 3. The van der Waals surface area contributed by atoms with Gasteiger partial charge in [-0.2, -0.15) is 5.10 Å². The van der Waals surface area contributed by atoms with Crippen molar-refractivity contribution in [3.8, 4) is 11.1 Å². The number of aromatic nitrogens is 2. The zero-order valence-electron chi connectivity index (χ0n) is 19.2. The van der Waals surface area contributed by atoms with Crippen LogP contribution in [0.15, 0.2) is 66.7 Å². The van der Waals surface area contributed by atoms with E-state index in [4.69, 9.17) is 0 Å². The standard InChI is InChI=1S/C26H25N5O3/c1-27-24(32)18-6-4-16(5-7-18)15-28-25(33)23-21-14-20(12-13-22(21)29-30-23)17-8-10-19(11-9-17)26(34)31(2)3/h4-14H,15H2,1-3H3,(H,27,32)(H,28,33)(H,29,30). The van der Waals surface area contributed by atoms with Gasteiger partial charge in [0.25, 0.3) is 17.7 Å². The Kier molecular flexibility index (Phi) is 6.40. The highest BCUT2D eigenvalue weighted by Gasteiger charge is 2.15. The largest absolute Gasteiger partial charge is 0.355 e. The predicted octanol–water partition coefficient (Wildman–Crippen LogP) is 3.22. The second kappa shape index (κ2) is 9.58. The van der Waals surface area contributed by atoms with E-state index < -0.39 is 0 Å². The second-order valence-electron chi connectivity index (χ2n) is 8.07. The van der Waals surface area contributed by atoms with Crippen LogP contribution in [-0.4, -0.2) is 54.0 Å². The van der Waals surface area contributed by atoms with Crippen LogP contribution in [0.25, 0.3) is 22.0 Å². The zero-order valence-corrected chi connectivity index (χ0v) is 19.2. The molecular formula is C26H25N5O3. The molecule has 0 fully saturated rings. The third-order valence-electron chi connectivity index (χ3n) is 5.55. The highest BCUT2D eigenvalue weighted by Crippen LogP contribution is 2.26. The van der Waals surface area contributed by atoms with Gasteiger partial charge in [0.05, 0.1) is 5.52 Å². The van der Waals surface area contributed by atoms with Crippen molar-refractivity contribution in [2.45, 2.75) is 6.54 Å². The second-order valence-corrected chi connectivity index (χ2v) is 8.07. The average molecular weight is 456 g/mol. The van der Waals surface area contributed by atoms with Gasteiger partial charge in [-0.25, -0.2) is 0 Å². The number of hydrogen-bond donors (Lipinski definition) is 3. The van der Waals surface area contributed by atoms with Gasteiger partial charge in [0.15, 0.2) is 5.69 Å². The SMILES string of the molecule is CNC(=O)c1ccc(CNC(=O)c2n[nH]c3ccc(-c4ccc(C(=O)N(C)C)cc4)cc23)cc1. The van der Waals surface area contributed by atoms with Crippen molar-refractivity contribution in [2.24, 2.45) is 0 Å². The minimum atomic E-state index is -0.300. The molecule has 3 aromatic carbocycles. The van der Waals surface area contributed by atoms with Crippen LogP contribution in [0.2, 0.25) is 0 Å². The van der Waals surface area contributed by atoms with Gasteiger partial charge in [-0.15, -0.1) is 0 Å². The number of benzene rings is 3. The highest BCUT2D eigenvalue weighted by atomic mass is 16.2. The first kappa shape index (κ1) is 22.7. The molecule has 0 saturated carbocycles. The van der Waals surface area contributed by atoms with E-state index in [-0.39, 0.29) is 17.7 Å². The van der Waals surface area contributed by atoms with Crippen LogP contribution in [0.3, 0.4) is 0 Å². The van der Waals surface area contributed by atoms with E-state index in [1.165, 1.54) is 4.90 Å². The number of hydrogen-bond acceptors (Lipinski definition) is 4. The van der Waals surface area contributed by atoms with Crippen LogP contribution >= 0.6 is 0 Å². The fourth-order valence-electron chi connectivity index (χ4n) is 3.61. The third kappa shape index (κ3) is 4.66. The highest BCUT2D eigenvalue weighted by molar-refractivity contribution is 6.05. The van der Waals surface area contributed by atoms with Gasteiger partial charge < -0.3 is 15.5 Å². The zero-order chi connectivity index (χ0) is 24.2. The molecular weight excluding hydrogens is 430 g/mol. The topological polar surface area (TPSA) is 107 Å². The number of fused-ring (bicyclic) bond motifs is 1. The molecule has 0 atom stereocenters. The summed E-state index contributed by atoms with van der Waals surface area (Å²) in [5.41, 5.74) is 4.94. The van der Waals surface area contributed by atoms with Crippen molar-refractivity contribution < 1.29 is 14.4 Å². The van der Waals surface area contributed by atoms with E-state index in [0.29, 0.717) is 28.8 Å². The maximum absolute atomic E-state index is 12.8. The fourth-order valence-corrected chi connectivity index (χ4v) is 3.61. The molecule has 3 N–H and O–H groups in total. The summed E-state index contributed by atoms with van der Waals surface area (Å²) in [5, 5.41) is 13.3. The third-order valence-corrected chi connectivity index (χ3v) is 5.55. The average Bonchev–Trinajstić information content (AvgIpc) is 3.30. The lowest BCUT2D eigenvalue weighted by atomic mass is 10.0. The number of nitrogens with zero attached hydrogens (tertiary/aromatic N) is 2. The molecule has 1 heterocycles. The first-order valence-corrected chi connectivity index (χ1v) is 10.8. The van der Waals surface area contributed by atoms with E-state index in [2.05, 4.69) is 20.8 Å². The summed E-state index contributed by atoms with van der Waals surface area (Å²) in [5.74, 6) is -0.516. The molecule has 34 heavy (non-hydrogen) atoms. The van der Waals surface area contributed by atoms with Crippen LogP contribution in [-0.2, 0) is 6.54 Å². The molecule has 8 nitrogen and oxygen atoms in total. The summed E-state index contributed by atoms with van der Waals surface area (Å²) in [6.07, 6.45) is 0. The molecule has 0 bridgehead atoms. The molecule has 0 aliphatic rings. The van der Waals surface area contributed by atoms with Crippen molar-refractivity contribution in [3.05, 3.63) is 89.1 Å². The Balaban J connectivity index is 1.51. The van der Waals surface area contributed by atoms with Crippen LogP contribution in [0, 0.1) is 0 Å². The first-order valence-electron chi connectivity index (χ1n) is 10.8.